The number of carbonyl (C=O) groups is 2. The fourth-order valence-electron chi connectivity index (χ4n) is 2.45. The van der Waals surface area contributed by atoms with Crippen LogP contribution in [0.5, 0.6) is 0 Å². The Hall–Kier alpha value is -1.68. The van der Waals surface area contributed by atoms with Crippen LogP contribution in [0, 0.1) is 0 Å². The van der Waals surface area contributed by atoms with Crippen LogP contribution in [0.25, 0.3) is 0 Å². The molecule has 1 unspecified atom stereocenters. The zero-order chi connectivity index (χ0) is 14.5. The maximum absolute atomic E-state index is 12.1. The molecule has 108 valence electrons. The van der Waals surface area contributed by atoms with E-state index in [4.69, 9.17) is 5.73 Å². The van der Waals surface area contributed by atoms with Gasteiger partial charge in [-0.05, 0) is 30.4 Å². The highest BCUT2D eigenvalue weighted by atomic mass is 16.2. The highest BCUT2D eigenvalue weighted by Crippen LogP contribution is 2.13. The van der Waals surface area contributed by atoms with Gasteiger partial charge in [0.2, 0.25) is 11.8 Å². The number of likely N-dealkylation sites (tertiary alicyclic amines) is 1. The minimum absolute atomic E-state index is 0.0820. The van der Waals surface area contributed by atoms with Gasteiger partial charge in [0.25, 0.3) is 0 Å². The zero-order valence-electron chi connectivity index (χ0n) is 12.0. The Morgan fingerprint density at radius 2 is 1.95 bits per heavy atom. The molecule has 1 heterocycles. The molecule has 0 radical (unpaired) electrons. The minimum atomic E-state index is -0.130. The molecule has 1 aromatic rings. The number of aryl methyl sites for hydroxylation is 2. The van der Waals surface area contributed by atoms with Crippen molar-refractivity contribution in [3.05, 3.63) is 35.4 Å². The number of piperidine rings is 1. The van der Waals surface area contributed by atoms with Crippen LogP contribution >= 0.6 is 0 Å². The van der Waals surface area contributed by atoms with Gasteiger partial charge < -0.3 is 5.73 Å². The standard InChI is InChI=1S/C16H22N2O2/c1-2-12-3-5-13(6-4-12)7-8-15(19)18-10-9-14(17)11-16(18)20/h3-6,14H,2,7-11,17H2,1H3. The molecule has 0 aliphatic carbocycles. The van der Waals surface area contributed by atoms with Gasteiger partial charge in [0.05, 0.1) is 0 Å². The predicted octanol–water partition coefficient (Wildman–Crippen LogP) is 1.66. The molecule has 1 aliphatic heterocycles. The van der Waals surface area contributed by atoms with E-state index in [1.807, 2.05) is 0 Å². The molecule has 20 heavy (non-hydrogen) atoms. The molecule has 0 aromatic heterocycles. The van der Waals surface area contributed by atoms with Crippen molar-refractivity contribution in [3.8, 4) is 0 Å². The number of carbonyl (C=O) groups excluding carboxylic acids is 2. The summed E-state index contributed by atoms with van der Waals surface area (Å²) in [6.45, 7) is 2.58. The number of rotatable bonds is 4. The van der Waals surface area contributed by atoms with Crippen LogP contribution in [0.1, 0.15) is 37.3 Å². The van der Waals surface area contributed by atoms with E-state index in [0.717, 1.165) is 12.0 Å². The van der Waals surface area contributed by atoms with Crippen molar-refractivity contribution in [2.45, 2.75) is 45.1 Å². The molecule has 0 spiro atoms. The first-order chi connectivity index (χ1) is 9.60. The van der Waals surface area contributed by atoms with E-state index in [1.165, 1.54) is 10.5 Å². The van der Waals surface area contributed by atoms with E-state index in [0.29, 0.717) is 25.8 Å². The zero-order valence-corrected chi connectivity index (χ0v) is 12.0. The summed E-state index contributed by atoms with van der Waals surface area (Å²) in [6, 6.07) is 8.20. The average Bonchev–Trinajstić information content (AvgIpc) is 2.45. The van der Waals surface area contributed by atoms with E-state index >= 15 is 0 Å². The second kappa shape index (κ2) is 6.66. The van der Waals surface area contributed by atoms with E-state index in [-0.39, 0.29) is 24.3 Å². The molecule has 1 atom stereocenters. The molecular formula is C16H22N2O2. The van der Waals surface area contributed by atoms with Crippen molar-refractivity contribution < 1.29 is 9.59 Å². The van der Waals surface area contributed by atoms with Crippen molar-refractivity contribution in [3.63, 3.8) is 0 Å². The monoisotopic (exact) mass is 274 g/mol. The van der Waals surface area contributed by atoms with Crippen LogP contribution in [-0.4, -0.2) is 29.3 Å². The summed E-state index contributed by atoms with van der Waals surface area (Å²) >= 11 is 0. The van der Waals surface area contributed by atoms with Gasteiger partial charge in [0.15, 0.2) is 0 Å². The maximum Gasteiger partial charge on any atom is 0.230 e. The first-order valence-corrected chi connectivity index (χ1v) is 7.26. The second-order valence-corrected chi connectivity index (χ2v) is 5.36. The van der Waals surface area contributed by atoms with Gasteiger partial charge in [-0.2, -0.15) is 0 Å². The second-order valence-electron chi connectivity index (χ2n) is 5.36. The van der Waals surface area contributed by atoms with Crippen molar-refractivity contribution in [2.75, 3.05) is 6.54 Å². The number of benzene rings is 1. The fraction of sp³-hybridized carbons (Fsp3) is 0.500. The van der Waals surface area contributed by atoms with Crippen molar-refractivity contribution in [1.29, 1.82) is 0 Å². The van der Waals surface area contributed by atoms with Crippen LogP contribution in [0.15, 0.2) is 24.3 Å². The molecule has 2 amide bonds. The predicted molar refractivity (Wildman–Crippen MR) is 78.1 cm³/mol. The summed E-state index contributed by atoms with van der Waals surface area (Å²) in [5, 5.41) is 0. The Kier molecular flexibility index (Phi) is 4.90. The summed E-state index contributed by atoms with van der Waals surface area (Å²) in [5.41, 5.74) is 8.15. The Balaban J connectivity index is 1.86. The van der Waals surface area contributed by atoms with E-state index < -0.39 is 0 Å². The quantitative estimate of drug-likeness (QED) is 0.908. The van der Waals surface area contributed by atoms with E-state index in [9.17, 15) is 9.59 Å². The van der Waals surface area contributed by atoms with Crippen molar-refractivity contribution in [2.24, 2.45) is 5.73 Å². The molecule has 1 fully saturated rings. The van der Waals surface area contributed by atoms with Crippen LogP contribution in [0.3, 0.4) is 0 Å². The first kappa shape index (κ1) is 14.7. The van der Waals surface area contributed by atoms with Gasteiger partial charge in [-0.15, -0.1) is 0 Å². The lowest BCUT2D eigenvalue weighted by Gasteiger charge is -2.28. The third-order valence-electron chi connectivity index (χ3n) is 3.82. The smallest absolute Gasteiger partial charge is 0.230 e. The van der Waals surface area contributed by atoms with E-state index in [2.05, 4.69) is 31.2 Å². The minimum Gasteiger partial charge on any atom is -0.327 e. The molecule has 0 saturated carbocycles. The fourth-order valence-corrected chi connectivity index (χ4v) is 2.45. The lowest BCUT2D eigenvalue weighted by molar-refractivity contribution is -0.146. The number of hydrogen-bond donors (Lipinski definition) is 1. The molecule has 0 bridgehead atoms. The Labute approximate surface area is 119 Å². The highest BCUT2D eigenvalue weighted by Gasteiger charge is 2.27. The van der Waals surface area contributed by atoms with Crippen LogP contribution in [-0.2, 0) is 22.4 Å². The third kappa shape index (κ3) is 3.67. The topological polar surface area (TPSA) is 63.4 Å². The van der Waals surface area contributed by atoms with Gasteiger partial charge >= 0.3 is 0 Å². The molecule has 1 saturated heterocycles. The Bertz CT molecular complexity index is 482. The molecule has 1 aromatic carbocycles. The number of nitrogens with zero attached hydrogens (tertiary/aromatic N) is 1. The summed E-state index contributed by atoms with van der Waals surface area (Å²) in [4.78, 5) is 25.2. The van der Waals surface area contributed by atoms with Crippen molar-refractivity contribution in [1.82, 2.24) is 4.90 Å². The summed E-state index contributed by atoms with van der Waals surface area (Å²) in [6.07, 6.45) is 3.08. The van der Waals surface area contributed by atoms with Gasteiger partial charge in [0, 0.05) is 25.4 Å². The van der Waals surface area contributed by atoms with Gasteiger partial charge in [0.1, 0.15) is 0 Å². The average molecular weight is 274 g/mol. The molecule has 2 rings (SSSR count). The summed E-state index contributed by atoms with van der Waals surface area (Å²) < 4.78 is 0. The van der Waals surface area contributed by atoms with Gasteiger partial charge in [-0.25, -0.2) is 0 Å². The van der Waals surface area contributed by atoms with Crippen LogP contribution in [0.2, 0.25) is 0 Å². The molecule has 2 N–H and O–H groups in total. The molecule has 1 aliphatic rings. The molecule has 4 heteroatoms. The highest BCUT2D eigenvalue weighted by molar-refractivity contribution is 5.96. The number of amides is 2. The van der Waals surface area contributed by atoms with Gasteiger partial charge in [-0.1, -0.05) is 31.2 Å². The third-order valence-corrected chi connectivity index (χ3v) is 3.82. The van der Waals surface area contributed by atoms with Crippen LogP contribution in [0.4, 0.5) is 0 Å². The number of hydrogen-bond acceptors (Lipinski definition) is 3. The first-order valence-electron chi connectivity index (χ1n) is 7.26. The summed E-state index contributed by atoms with van der Waals surface area (Å²) in [7, 11) is 0. The lowest BCUT2D eigenvalue weighted by Crippen LogP contribution is -2.46. The number of nitrogens with two attached hydrogens (primary N) is 1. The largest absolute Gasteiger partial charge is 0.327 e. The van der Waals surface area contributed by atoms with E-state index in [1.54, 1.807) is 0 Å². The molecule has 4 nitrogen and oxygen atoms in total. The SMILES string of the molecule is CCc1ccc(CCC(=O)N2CCC(N)CC2=O)cc1. The summed E-state index contributed by atoms with van der Waals surface area (Å²) in [5.74, 6) is -0.212. The van der Waals surface area contributed by atoms with Gasteiger partial charge in [-0.3, -0.25) is 14.5 Å². The number of imide groups is 1. The molecular weight excluding hydrogens is 252 g/mol. The lowest BCUT2D eigenvalue weighted by atomic mass is 10.0. The maximum atomic E-state index is 12.1. The Morgan fingerprint density at radius 1 is 1.30 bits per heavy atom. The van der Waals surface area contributed by atoms with Crippen molar-refractivity contribution >= 4 is 11.8 Å². The normalized spacial score (nSPS) is 19.2. The van der Waals surface area contributed by atoms with Crippen LogP contribution < -0.4 is 5.73 Å². The Morgan fingerprint density at radius 3 is 2.55 bits per heavy atom.